The Morgan fingerprint density at radius 3 is 2.57 bits per heavy atom. The number of benzene rings is 1. The number of aliphatic carboxylic acids is 1. The highest BCUT2D eigenvalue weighted by Gasteiger charge is 2.39. The van der Waals surface area contributed by atoms with Crippen LogP contribution in [-0.4, -0.2) is 30.5 Å². The van der Waals surface area contributed by atoms with Gasteiger partial charge < -0.3 is 5.11 Å². The van der Waals surface area contributed by atoms with Crippen molar-refractivity contribution in [2.24, 2.45) is 5.92 Å². The number of hydrogen-bond donors (Lipinski definition) is 2. The normalized spacial score (nSPS) is 16.4. The van der Waals surface area contributed by atoms with Crippen LogP contribution >= 0.6 is 0 Å². The van der Waals surface area contributed by atoms with Crippen LogP contribution in [0.3, 0.4) is 0 Å². The molecule has 0 amide bonds. The molecule has 0 bridgehead atoms. The predicted molar refractivity (Wildman–Crippen MR) is 67.5 cm³/mol. The summed E-state index contributed by atoms with van der Waals surface area (Å²) >= 11 is 0. The Labute approximate surface area is 118 Å². The number of carboxylic acids is 1. The lowest BCUT2D eigenvalue weighted by Crippen LogP contribution is -2.42. The lowest BCUT2D eigenvalue weighted by atomic mass is 10.2. The van der Waals surface area contributed by atoms with Gasteiger partial charge in [-0.2, -0.15) is 9.11 Å². The Bertz CT molecular complexity index is 701. The second kappa shape index (κ2) is 5.37. The summed E-state index contributed by atoms with van der Waals surface area (Å²) in [6, 6.07) is 0.763. The van der Waals surface area contributed by atoms with Crippen molar-refractivity contribution in [2.45, 2.75) is 23.8 Å². The number of rotatable bonds is 6. The van der Waals surface area contributed by atoms with Gasteiger partial charge in [0.05, 0.1) is 9.82 Å². The van der Waals surface area contributed by atoms with E-state index in [4.69, 9.17) is 5.11 Å². The number of nitro benzene ring substituents is 1. The third-order valence-corrected chi connectivity index (χ3v) is 4.50. The molecule has 1 unspecified atom stereocenters. The number of sulfonamides is 1. The summed E-state index contributed by atoms with van der Waals surface area (Å²) in [6.45, 7) is 0. The fourth-order valence-electron chi connectivity index (χ4n) is 1.81. The molecule has 2 rings (SSSR count). The van der Waals surface area contributed by atoms with Gasteiger partial charge in [-0.1, -0.05) is 0 Å². The predicted octanol–water partition coefficient (Wildman–Crippen LogP) is 0.875. The van der Waals surface area contributed by atoms with Gasteiger partial charge in [0.25, 0.3) is 0 Å². The van der Waals surface area contributed by atoms with Crippen LogP contribution in [0.4, 0.5) is 10.1 Å². The maximum absolute atomic E-state index is 13.2. The second-order valence-electron chi connectivity index (χ2n) is 4.64. The summed E-state index contributed by atoms with van der Waals surface area (Å²) in [4.78, 5) is 20.0. The largest absolute Gasteiger partial charge is 0.480 e. The van der Waals surface area contributed by atoms with Crippen molar-refractivity contribution in [3.63, 3.8) is 0 Å². The van der Waals surface area contributed by atoms with Crippen molar-refractivity contribution in [3.05, 3.63) is 34.1 Å². The van der Waals surface area contributed by atoms with Crippen LogP contribution in [0.25, 0.3) is 0 Å². The van der Waals surface area contributed by atoms with E-state index in [1.54, 1.807) is 0 Å². The highest BCUT2D eigenvalue weighted by Crippen LogP contribution is 2.33. The van der Waals surface area contributed by atoms with Gasteiger partial charge in [-0.05, 0) is 30.9 Å². The summed E-state index contributed by atoms with van der Waals surface area (Å²) < 4.78 is 39.3. The van der Waals surface area contributed by atoms with Gasteiger partial charge in [0.2, 0.25) is 15.8 Å². The Balaban J connectivity index is 2.33. The zero-order chi connectivity index (χ0) is 15.8. The van der Waals surface area contributed by atoms with Gasteiger partial charge in [0.15, 0.2) is 0 Å². The van der Waals surface area contributed by atoms with Crippen LogP contribution in [0.1, 0.15) is 12.8 Å². The quantitative estimate of drug-likeness (QED) is 0.592. The molecule has 1 aromatic carbocycles. The number of halogens is 1. The molecule has 1 saturated carbocycles. The number of carboxylic acid groups (broad SMARTS) is 1. The zero-order valence-electron chi connectivity index (χ0n) is 10.5. The SMILES string of the molecule is O=C(O)C(NS(=O)(=O)c1ccc(F)c([N+](=O)[O-])c1)C1CC1. The first-order chi connectivity index (χ1) is 9.72. The van der Waals surface area contributed by atoms with E-state index in [0.29, 0.717) is 25.0 Å². The summed E-state index contributed by atoms with van der Waals surface area (Å²) in [7, 11) is -4.28. The first-order valence-corrected chi connectivity index (χ1v) is 7.40. The van der Waals surface area contributed by atoms with E-state index in [2.05, 4.69) is 0 Å². The number of nitrogens with one attached hydrogen (secondary N) is 1. The van der Waals surface area contributed by atoms with Crippen LogP contribution in [-0.2, 0) is 14.8 Å². The van der Waals surface area contributed by atoms with E-state index in [1.807, 2.05) is 4.72 Å². The van der Waals surface area contributed by atoms with E-state index < -0.39 is 43.4 Å². The summed E-state index contributed by atoms with van der Waals surface area (Å²) in [5.74, 6) is -2.79. The molecule has 0 heterocycles. The van der Waals surface area contributed by atoms with Crippen molar-refractivity contribution in [3.8, 4) is 0 Å². The fraction of sp³-hybridized carbons (Fsp3) is 0.364. The average Bonchev–Trinajstić information content (AvgIpc) is 3.19. The molecule has 1 aliphatic carbocycles. The lowest BCUT2D eigenvalue weighted by molar-refractivity contribution is -0.387. The summed E-state index contributed by atoms with van der Waals surface area (Å²) in [5, 5.41) is 19.6. The number of carbonyl (C=O) groups is 1. The molecule has 1 aromatic rings. The van der Waals surface area contributed by atoms with Gasteiger partial charge in [-0.25, -0.2) is 8.42 Å². The van der Waals surface area contributed by atoms with Gasteiger partial charge >= 0.3 is 11.7 Å². The second-order valence-corrected chi connectivity index (χ2v) is 6.36. The molecular formula is C11H11FN2O6S. The Hall–Kier alpha value is -2.07. The molecule has 10 heteroatoms. The molecular weight excluding hydrogens is 307 g/mol. The molecule has 0 radical (unpaired) electrons. The zero-order valence-corrected chi connectivity index (χ0v) is 11.3. The van der Waals surface area contributed by atoms with Crippen LogP contribution in [0, 0.1) is 21.8 Å². The molecule has 0 spiro atoms. The maximum atomic E-state index is 13.2. The Kier molecular flexibility index (Phi) is 3.92. The van der Waals surface area contributed by atoms with Crippen LogP contribution in [0.15, 0.2) is 23.1 Å². The highest BCUT2D eigenvalue weighted by molar-refractivity contribution is 7.89. The van der Waals surface area contributed by atoms with E-state index in [-0.39, 0.29) is 5.92 Å². The van der Waals surface area contributed by atoms with E-state index >= 15 is 0 Å². The third kappa shape index (κ3) is 3.34. The standard InChI is InChI=1S/C11H11FN2O6S/c12-8-4-3-7(5-9(8)14(17)18)21(19,20)13-10(11(15)16)6-1-2-6/h3-6,10,13H,1-2H2,(H,15,16). The molecule has 2 N–H and O–H groups in total. The van der Waals surface area contributed by atoms with E-state index in [0.717, 1.165) is 6.07 Å². The molecule has 0 saturated heterocycles. The summed E-state index contributed by atoms with van der Waals surface area (Å²) in [6.07, 6.45) is 1.17. The Morgan fingerprint density at radius 1 is 1.48 bits per heavy atom. The number of nitrogens with zero attached hydrogens (tertiary/aromatic N) is 1. The minimum absolute atomic E-state index is 0.298. The molecule has 8 nitrogen and oxygen atoms in total. The van der Waals surface area contributed by atoms with Gasteiger partial charge in [-0.15, -0.1) is 0 Å². The van der Waals surface area contributed by atoms with Crippen LogP contribution < -0.4 is 4.72 Å². The van der Waals surface area contributed by atoms with Gasteiger partial charge in [-0.3, -0.25) is 14.9 Å². The van der Waals surface area contributed by atoms with Crippen molar-refractivity contribution in [1.82, 2.24) is 4.72 Å². The first kappa shape index (κ1) is 15.3. The maximum Gasteiger partial charge on any atom is 0.322 e. The van der Waals surface area contributed by atoms with Crippen LogP contribution in [0.5, 0.6) is 0 Å². The van der Waals surface area contributed by atoms with Crippen LogP contribution in [0.2, 0.25) is 0 Å². The molecule has 21 heavy (non-hydrogen) atoms. The van der Waals surface area contributed by atoms with Crippen molar-refractivity contribution in [2.75, 3.05) is 0 Å². The monoisotopic (exact) mass is 318 g/mol. The highest BCUT2D eigenvalue weighted by atomic mass is 32.2. The minimum Gasteiger partial charge on any atom is -0.480 e. The van der Waals surface area contributed by atoms with Crippen molar-refractivity contribution >= 4 is 21.7 Å². The van der Waals surface area contributed by atoms with E-state index in [1.165, 1.54) is 0 Å². The lowest BCUT2D eigenvalue weighted by Gasteiger charge is -2.13. The van der Waals surface area contributed by atoms with Crippen molar-refractivity contribution in [1.29, 1.82) is 0 Å². The minimum atomic E-state index is -4.28. The molecule has 1 atom stereocenters. The molecule has 114 valence electrons. The summed E-state index contributed by atoms with van der Waals surface area (Å²) in [5.41, 5.74) is -0.990. The van der Waals surface area contributed by atoms with Gasteiger partial charge in [0, 0.05) is 6.07 Å². The number of hydrogen-bond acceptors (Lipinski definition) is 5. The first-order valence-electron chi connectivity index (χ1n) is 5.91. The Morgan fingerprint density at radius 2 is 2.10 bits per heavy atom. The molecule has 1 aliphatic rings. The smallest absolute Gasteiger partial charge is 0.322 e. The van der Waals surface area contributed by atoms with Gasteiger partial charge in [0.1, 0.15) is 6.04 Å². The topological polar surface area (TPSA) is 127 Å². The molecule has 0 aromatic heterocycles. The fourth-order valence-corrected chi connectivity index (χ4v) is 3.09. The average molecular weight is 318 g/mol. The third-order valence-electron chi connectivity index (χ3n) is 3.07. The van der Waals surface area contributed by atoms with Crippen molar-refractivity contribution < 1.29 is 27.6 Å². The van der Waals surface area contributed by atoms with E-state index in [9.17, 15) is 27.7 Å². The molecule has 0 aliphatic heterocycles. The molecule has 1 fully saturated rings. The number of nitro groups is 1.